The molecule has 2 aliphatic heterocycles. The fraction of sp³-hybridized carbons (Fsp3) is 0.353. The SMILES string of the molecule is CC(C)C[C@H]1NC(=O)c2cc(on2)CN(C(=O)Cc2ccc3c(c2)OCO3)CCNC(=O)[C@H](Cc2ccccc2)NC(=O)c2coc1n2. The Morgan fingerprint density at radius 1 is 0.938 bits per heavy atom. The van der Waals surface area contributed by atoms with Gasteiger partial charge in [0.25, 0.3) is 11.8 Å². The Labute approximate surface area is 276 Å². The second-order valence-electron chi connectivity index (χ2n) is 12.1. The van der Waals surface area contributed by atoms with Gasteiger partial charge in [0.05, 0.1) is 13.0 Å². The standard InChI is InChI=1S/C34H36N6O8/c1-20(2)12-26-34-38-27(18-45-34)33(44)36-24(13-21-6-4-3-5-7-21)31(42)35-10-11-40(17-23-16-25(39-48-23)32(43)37-26)30(41)15-22-8-9-28-29(14-22)47-19-46-28/h3-9,14,16,18,20,24,26H,10-13,15,17,19H2,1-2H3,(H,35,42)(H,36,44)(H,37,43)/t24-,26+/m0/s1. The number of ether oxygens (including phenoxy) is 2. The summed E-state index contributed by atoms with van der Waals surface area (Å²) in [4.78, 5) is 59.7. The first kappa shape index (κ1) is 32.3. The molecule has 6 rings (SSSR count). The first-order valence-corrected chi connectivity index (χ1v) is 15.7. The summed E-state index contributed by atoms with van der Waals surface area (Å²) in [6, 6.07) is 14.4. The highest BCUT2D eigenvalue weighted by atomic mass is 16.7. The smallest absolute Gasteiger partial charge is 0.274 e. The molecule has 4 heterocycles. The third kappa shape index (κ3) is 7.82. The summed E-state index contributed by atoms with van der Waals surface area (Å²) in [5, 5.41) is 12.5. The number of amides is 4. The number of carbonyl (C=O) groups excluding carboxylic acids is 4. The van der Waals surface area contributed by atoms with E-state index in [1.807, 2.05) is 44.2 Å². The number of benzene rings is 2. The highest BCUT2D eigenvalue weighted by Gasteiger charge is 2.28. The van der Waals surface area contributed by atoms with Crippen LogP contribution in [-0.4, -0.2) is 64.6 Å². The molecule has 0 fully saturated rings. The van der Waals surface area contributed by atoms with Gasteiger partial charge in [-0.2, -0.15) is 0 Å². The first-order valence-electron chi connectivity index (χ1n) is 15.7. The summed E-state index contributed by atoms with van der Waals surface area (Å²) in [6.45, 7) is 4.23. The number of hydrogen-bond donors (Lipinski definition) is 3. The van der Waals surface area contributed by atoms with E-state index in [0.717, 1.165) is 5.56 Å². The van der Waals surface area contributed by atoms with Crippen LogP contribution in [0.3, 0.4) is 0 Å². The van der Waals surface area contributed by atoms with E-state index < -0.39 is 29.8 Å². The van der Waals surface area contributed by atoms with Crippen molar-refractivity contribution in [3.8, 4) is 11.5 Å². The van der Waals surface area contributed by atoms with E-state index in [1.165, 1.54) is 17.2 Å². The van der Waals surface area contributed by atoms with Gasteiger partial charge in [0.2, 0.25) is 24.5 Å². The summed E-state index contributed by atoms with van der Waals surface area (Å²) >= 11 is 0. The molecule has 2 aromatic heterocycles. The Bertz CT molecular complexity index is 1780. The molecule has 0 spiro atoms. The van der Waals surface area contributed by atoms with Gasteiger partial charge in [-0.25, -0.2) is 4.98 Å². The predicted octanol–water partition coefficient (Wildman–Crippen LogP) is 2.95. The third-order valence-corrected chi connectivity index (χ3v) is 7.93. The second kappa shape index (κ2) is 14.4. The van der Waals surface area contributed by atoms with Crippen LogP contribution in [0.15, 0.2) is 69.8 Å². The molecule has 2 atom stereocenters. The Morgan fingerprint density at radius 2 is 1.71 bits per heavy atom. The van der Waals surface area contributed by atoms with Crippen LogP contribution in [0.4, 0.5) is 0 Å². The van der Waals surface area contributed by atoms with Crippen molar-refractivity contribution in [2.24, 2.45) is 5.92 Å². The Hall–Kier alpha value is -5.66. The maximum Gasteiger partial charge on any atom is 0.274 e. The van der Waals surface area contributed by atoms with Gasteiger partial charge >= 0.3 is 0 Å². The number of fused-ring (bicyclic) bond motifs is 5. The maximum atomic E-state index is 13.6. The lowest BCUT2D eigenvalue weighted by Crippen LogP contribution is -2.49. The second-order valence-corrected chi connectivity index (χ2v) is 12.1. The minimum atomic E-state index is -0.959. The van der Waals surface area contributed by atoms with Crippen molar-refractivity contribution in [2.75, 3.05) is 19.9 Å². The Kier molecular flexibility index (Phi) is 9.69. The number of nitrogens with one attached hydrogen (secondary N) is 3. The number of hydrogen-bond acceptors (Lipinski definition) is 10. The normalized spacial score (nSPS) is 18.5. The molecule has 4 amide bonds. The summed E-state index contributed by atoms with van der Waals surface area (Å²) in [5.41, 5.74) is 1.51. The molecule has 4 aromatic rings. The highest BCUT2D eigenvalue weighted by Crippen LogP contribution is 2.32. The lowest BCUT2D eigenvalue weighted by atomic mass is 10.0. The number of rotatable bonds is 6. The van der Waals surface area contributed by atoms with E-state index in [2.05, 4.69) is 26.1 Å². The van der Waals surface area contributed by atoms with Crippen molar-refractivity contribution in [3.63, 3.8) is 0 Å². The zero-order valence-corrected chi connectivity index (χ0v) is 26.6. The van der Waals surface area contributed by atoms with Gasteiger partial charge in [0, 0.05) is 25.6 Å². The third-order valence-electron chi connectivity index (χ3n) is 7.93. The van der Waals surface area contributed by atoms with Crippen LogP contribution in [0.5, 0.6) is 11.5 Å². The molecule has 4 bridgehead atoms. The lowest BCUT2D eigenvalue weighted by Gasteiger charge is -2.23. The van der Waals surface area contributed by atoms with E-state index in [-0.39, 0.29) is 74.1 Å². The van der Waals surface area contributed by atoms with Gasteiger partial charge in [-0.3, -0.25) is 19.2 Å². The quantitative estimate of drug-likeness (QED) is 0.280. The van der Waals surface area contributed by atoms with Gasteiger partial charge in [0.15, 0.2) is 28.6 Å². The van der Waals surface area contributed by atoms with Crippen molar-refractivity contribution >= 4 is 23.6 Å². The molecule has 2 aliphatic rings. The minimum Gasteiger partial charge on any atom is -0.454 e. The molecular formula is C34H36N6O8. The largest absolute Gasteiger partial charge is 0.454 e. The van der Waals surface area contributed by atoms with Crippen LogP contribution >= 0.6 is 0 Å². The number of nitrogens with zero attached hydrogens (tertiary/aromatic N) is 3. The molecule has 48 heavy (non-hydrogen) atoms. The van der Waals surface area contributed by atoms with Crippen molar-refractivity contribution in [3.05, 3.63) is 95.0 Å². The molecule has 0 saturated carbocycles. The number of oxazole rings is 1. The predicted molar refractivity (Wildman–Crippen MR) is 169 cm³/mol. The van der Waals surface area contributed by atoms with Crippen LogP contribution in [0, 0.1) is 5.92 Å². The van der Waals surface area contributed by atoms with Gasteiger partial charge in [0.1, 0.15) is 18.3 Å². The van der Waals surface area contributed by atoms with Crippen LogP contribution in [0.1, 0.15) is 70.1 Å². The zero-order valence-electron chi connectivity index (χ0n) is 26.6. The summed E-state index contributed by atoms with van der Waals surface area (Å²) < 4.78 is 22.0. The molecular weight excluding hydrogens is 620 g/mol. The van der Waals surface area contributed by atoms with Crippen molar-refractivity contribution in [1.29, 1.82) is 0 Å². The molecule has 0 unspecified atom stereocenters. The van der Waals surface area contributed by atoms with Crippen molar-refractivity contribution in [2.45, 2.75) is 51.7 Å². The maximum absolute atomic E-state index is 13.6. The summed E-state index contributed by atoms with van der Waals surface area (Å²) in [7, 11) is 0. The van der Waals surface area contributed by atoms with E-state index in [4.69, 9.17) is 18.4 Å². The van der Waals surface area contributed by atoms with Gasteiger partial charge in [-0.1, -0.05) is 55.4 Å². The molecule has 0 saturated heterocycles. The zero-order chi connectivity index (χ0) is 33.6. The topological polar surface area (TPSA) is 178 Å². The van der Waals surface area contributed by atoms with Gasteiger partial charge < -0.3 is 39.3 Å². The van der Waals surface area contributed by atoms with Crippen LogP contribution in [0.2, 0.25) is 0 Å². The first-order chi connectivity index (χ1) is 23.2. The summed E-state index contributed by atoms with van der Waals surface area (Å²) in [5.74, 6) is -0.135. The molecule has 14 nitrogen and oxygen atoms in total. The number of aromatic nitrogens is 2. The molecule has 14 heteroatoms. The van der Waals surface area contributed by atoms with Crippen molar-refractivity contribution in [1.82, 2.24) is 31.0 Å². The van der Waals surface area contributed by atoms with Crippen LogP contribution in [-0.2, 0) is 29.0 Å². The fourth-order valence-corrected chi connectivity index (χ4v) is 5.52. The Balaban J connectivity index is 1.28. The molecule has 0 radical (unpaired) electrons. The number of carbonyl (C=O) groups is 4. The van der Waals surface area contributed by atoms with Gasteiger partial charge in [-0.15, -0.1) is 0 Å². The molecule has 3 N–H and O–H groups in total. The van der Waals surface area contributed by atoms with Crippen LogP contribution in [0.25, 0.3) is 0 Å². The van der Waals surface area contributed by atoms with E-state index >= 15 is 0 Å². The Morgan fingerprint density at radius 3 is 2.52 bits per heavy atom. The average molecular weight is 657 g/mol. The van der Waals surface area contributed by atoms with Gasteiger partial charge in [-0.05, 0) is 35.6 Å². The average Bonchev–Trinajstić information content (AvgIpc) is 3.85. The molecule has 2 aromatic carbocycles. The lowest BCUT2D eigenvalue weighted by molar-refractivity contribution is -0.132. The van der Waals surface area contributed by atoms with E-state index in [0.29, 0.717) is 23.5 Å². The molecule has 0 aliphatic carbocycles. The van der Waals surface area contributed by atoms with E-state index in [1.54, 1.807) is 18.2 Å². The summed E-state index contributed by atoms with van der Waals surface area (Å²) in [6.07, 6.45) is 1.91. The monoisotopic (exact) mass is 656 g/mol. The van der Waals surface area contributed by atoms with E-state index in [9.17, 15) is 19.2 Å². The molecule has 250 valence electrons. The highest BCUT2D eigenvalue weighted by molar-refractivity contribution is 5.96. The minimum absolute atomic E-state index is 0.00428. The fourth-order valence-electron chi connectivity index (χ4n) is 5.52. The van der Waals surface area contributed by atoms with Crippen molar-refractivity contribution < 1.29 is 37.6 Å². The van der Waals surface area contributed by atoms with Crippen LogP contribution < -0.4 is 25.4 Å².